The number of nitrogens with zero attached hydrogens (tertiary/aromatic N) is 1. The van der Waals surface area contributed by atoms with Gasteiger partial charge in [0.15, 0.2) is 0 Å². The SMILES string of the molecule is C[C@]12CC[C@H](O)CC1=CC[C@@H]1[C@@H]2CC[C@]2(C)C(c3ncc[nH]3)CC[C@@H]12. The number of hydrogen-bond acceptors (Lipinski definition) is 2. The highest BCUT2D eigenvalue weighted by molar-refractivity contribution is 5.26. The number of aromatic nitrogens is 2. The van der Waals surface area contributed by atoms with Crippen LogP contribution >= 0.6 is 0 Å². The van der Waals surface area contributed by atoms with Crippen molar-refractivity contribution >= 4 is 0 Å². The topological polar surface area (TPSA) is 48.9 Å². The monoisotopic (exact) mass is 340 g/mol. The second-order valence-electron chi connectivity index (χ2n) is 9.80. The standard InChI is InChI=1S/C22H32N2O/c1-21-9-7-15(25)13-14(21)3-4-16-17-5-6-19(20-23-11-12-24-20)22(17,2)10-8-18(16)21/h3,11-12,15-19,25H,4-10,13H2,1-2H3,(H,23,24)/t15-,16-,17-,18-,19?,21-,22-/m0/s1. The molecule has 5 rings (SSSR count). The molecular weight excluding hydrogens is 308 g/mol. The average Bonchev–Trinajstić information content (AvgIpc) is 3.22. The molecule has 2 N–H and O–H groups in total. The molecular formula is C22H32N2O. The van der Waals surface area contributed by atoms with E-state index in [1.165, 1.54) is 44.3 Å². The van der Waals surface area contributed by atoms with Crippen LogP contribution in [0.3, 0.4) is 0 Å². The molecule has 0 spiro atoms. The summed E-state index contributed by atoms with van der Waals surface area (Å²) in [4.78, 5) is 8.05. The lowest BCUT2D eigenvalue weighted by atomic mass is 9.47. The van der Waals surface area contributed by atoms with E-state index in [-0.39, 0.29) is 6.10 Å². The number of imidazole rings is 1. The van der Waals surface area contributed by atoms with Crippen molar-refractivity contribution in [1.29, 1.82) is 0 Å². The van der Waals surface area contributed by atoms with Crippen molar-refractivity contribution in [2.75, 3.05) is 0 Å². The first-order valence-electron chi connectivity index (χ1n) is 10.4. The Morgan fingerprint density at radius 2 is 2.00 bits per heavy atom. The molecule has 3 saturated carbocycles. The quantitative estimate of drug-likeness (QED) is 0.720. The maximum atomic E-state index is 10.1. The molecule has 3 fully saturated rings. The predicted molar refractivity (Wildman–Crippen MR) is 99.0 cm³/mol. The minimum Gasteiger partial charge on any atom is -0.393 e. The zero-order valence-electron chi connectivity index (χ0n) is 15.7. The largest absolute Gasteiger partial charge is 0.393 e. The first kappa shape index (κ1) is 16.1. The molecule has 0 amide bonds. The summed E-state index contributed by atoms with van der Waals surface area (Å²) in [6.45, 7) is 5.07. The van der Waals surface area contributed by atoms with Gasteiger partial charge >= 0.3 is 0 Å². The Labute approximate surface area is 151 Å². The lowest BCUT2D eigenvalue weighted by molar-refractivity contribution is -0.0415. The zero-order chi connectivity index (χ0) is 17.2. The van der Waals surface area contributed by atoms with Crippen LogP contribution in [0.4, 0.5) is 0 Å². The number of nitrogens with one attached hydrogen (secondary N) is 1. The Balaban J connectivity index is 1.47. The van der Waals surface area contributed by atoms with Crippen LogP contribution in [0.25, 0.3) is 0 Å². The van der Waals surface area contributed by atoms with Crippen LogP contribution in [0.1, 0.15) is 77.0 Å². The fourth-order valence-corrected chi connectivity index (χ4v) is 7.56. The molecule has 1 aromatic heterocycles. The van der Waals surface area contributed by atoms with E-state index in [0.29, 0.717) is 16.7 Å². The van der Waals surface area contributed by atoms with E-state index in [2.05, 4.69) is 29.9 Å². The van der Waals surface area contributed by atoms with E-state index in [4.69, 9.17) is 0 Å². The van der Waals surface area contributed by atoms with Crippen molar-refractivity contribution in [3.63, 3.8) is 0 Å². The minimum atomic E-state index is -0.0976. The van der Waals surface area contributed by atoms with E-state index in [9.17, 15) is 5.11 Å². The van der Waals surface area contributed by atoms with Gasteiger partial charge in [0.2, 0.25) is 0 Å². The first-order valence-corrected chi connectivity index (χ1v) is 10.4. The van der Waals surface area contributed by atoms with Gasteiger partial charge in [0.05, 0.1) is 6.10 Å². The number of H-pyrrole nitrogens is 1. The Hall–Kier alpha value is -1.09. The molecule has 7 atom stereocenters. The molecule has 0 saturated heterocycles. The van der Waals surface area contributed by atoms with E-state index in [1.54, 1.807) is 5.57 Å². The Morgan fingerprint density at radius 3 is 2.80 bits per heavy atom. The molecule has 0 aromatic carbocycles. The van der Waals surface area contributed by atoms with Gasteiger partial charge < -0.3 is 10.1 Å². The van der Waals surface area contributed by atoms with Crippen LogP contribution in [0.15, 0.2) is 24.0 Å². The summed E-state index contributed by atoms with van der Waals surface area (Å²) in [5, 5.41) is 10.1. The van der Waals surface area contributed by atoms with Crippen LogP contribution < -0.4 is 0 Å². The number of aliphatic hydroxyl groups excluding tert-OH is 1. The fourth-order valence-electron chi connectivity index (χ4n) is 7.56. The third kappa shape index (κ3) is 2.17. The zero-order valence-corrected chi connectivity index (χ0v) is 15.7. The summed E-state index contributed by atoms with van der Waals surface area (Å²) in [6.07, 6.45) is 16.1. The molecule has 3 heteroatoms. The summed E-state index contributed by atoms with van der Waals surface area (Å²) < 4.78 is 0. The van der Waals surface area contributed by atoms with Gasteiger partial charge in [-0.05, 0) is 80.0 Å². The Bertz CT molecular complexity index is 680. The molecule has 0 bridgehead atoms. The molecule has 1 aromatic rings. The summed E-state index contributed by atoms with van der Waals surface area (Å²) in [5.41, 5.74) is 2.35. The number of rotatable bonds is 1. The van der Waals surface area contributed by atoms with Crippen molar-refractivity contribution < 1.29 is 5.11 Å². The Kier molecular flexibility index (Phi) is 3.51. The smallest absolute Gasteiger partial charge is 0.109 e. The van der Waals surface area contributed by atoms with E-state index >= 15 is 0 Å². The lowest BCUT2D eigenvalue weighted by Gasteiger charge is -2.57. The number of aliphatic hydroxyl groups is 1. The number of fused-ring (bicyclic) bond motifs is 5. The first-order chi connectivity index (χ1) is 12.0. The number of allylic oxidation sites excluding steroid dienone is 1. The number of aromatic amines is 1. The van der Waals surface area contributed by atoms with Crippen molar-refractivity contribution in [1.82, 2.24) is 9.97 Å². The van der Waals surface area contributed by atoms with Crippen molar-refractivity contribution in [2.24, 2.45) is 28.6 Å². The summed E-state index contributed by atoms with van der Waals surface area (Å²) >= 11 is 0. The van der Waals surface area contributed by atoms with Crippen LogP contribution in [-0.2, 0) is 0 Å². The van der Waals surface area contributed by atoms with Gasteiger partial charge in [-0.3, -0.25) is 0 Å². The van der Waals surface area contributed by atoms with E-state index < -0.39 is 0 Å². The molecule has 4 aliphatic carbocycles. The van der Waals surface area contributed by atoms with Crippen LogP contribution in [0.5, 0.6) is 0 Å². The predicted octanol–water partition coefficient (Wildman–Crippen LogP) is 4.82. The van der Waals surface area contributed by atoms with Crippen molar-refractivity contribution in [2.45, 2.75) is 77.2 Å². The molecule has 1 unspecified atom stereocenters. The molecule has 0 radical (unpaired) electrons. The van der Waals surface area contributed by atoms with Gasteiger partial charge in [-0.1, -0.05) is 25.5 Å². The van der Waals surface area contributed by atoms with Gasteiger partial charge in [0.1, 0.15) is 5.82 Å². The minimum absolute atomic E-state index is 0.0976. The summed E-state index contributed by atoms with van der Waals surface area (Å²) in [6, 6.07) is 0. The second-order valence-corrected chi connectivity index (χ2v) is 9.80. The van der Waals surface area contributed by atoms with Crippen LogP contribution in [0, 0.1) is 28.6 Å². The third-order valence-corrected chi connectivity index (χ3v) is 8.93. The highest BCUT2D eigenvalue weighted by Crippen LogP contribution is 2.67. The van der Waals surface area contributed by atoms with Gasteiger partial charge in [-0.2, -0.15) is 0 Å². The van der Waals surface area contributed by atoms with Gasteiger partial charge in [0, 0.05) is 18.3 Å². The summed E-state index contributed by atoms with van der Waals surface area (Å²) in [7, 11) is 0. The van der Waals surface area contributed by atoms with Crippen LogP contribution in [-0.4, -0.2) is 21.2 Å². The van der Waals surface area contributed by atoms with Crippen LogP contribution in [0.2, 0.25) is 0 Å². The van der Waals surface area contributed by atoms with Gasteiger partial charge in [-0.25, -0.2) is 4.98 Å². The highest BCUT2D eigenvalue weighted by atomic mass is 16.3. The third-order valence-electron chi connectivity index (χ3n) is 8.93. The second kappa shape index (κ2) is 5.45. The molecule has 4 aliphatic rings. The van der Waals surface area contributed by atoms with Gasteiger partial charge in [0.25, 0.3) is 0 Å². The molecule has 25 heavy (non-hydrogen) atoms. The average molecular weight is 341 g/mol. The highest BCUT2D eigenvalue weighted by Gasteiger charge is 2.59. The van der Waals surface area contributed by atoms with Crippen molar-refractivity contribution in [3.05, 3.63) is 29.9 Å². The number of hydrogen-bond donors (Lipinski definition) is 2. The van der Waals surface area contributed by atoms with E-state index in [1.807, 2.05) is 12.4 Å². The molecule has 0 aliphatic heterocycles. The molecule has 3 nitrogen and oxygen atoms in total. The fraction of sp³-hybridized carbons (Fsp3) is 0.773. The maximum absolute atomic E-state index is 10.1. The molecule has 136 valence electrons. The normalized spacial score (nSPS) is 49.1. The van der Waals surface area contributed by atoms with Gasteiger partial charge in [-0.15, -0.1) is 0 Å². The lowest BCUT2D eigenvalue weighted by Crippen LogP contribution is -2.50. The summed E-state index contributed by atoms with van der Waals surface area (Å²) in [5.74, 6) is 4.33. The Morgan fingerprint density at radius 1 is 1.12 bits per heavy atom. The maximum Gasteiger partial charge on any atom is 0.109 e. The van der Waals surface area contributed by atoms with E-state index in [0.717, 1.165) is 30.6 Å². The molecule has 1 heterocycles. The van der Waals surface area contributed by atoms with Crippen molar-refractivity contribution in [3.8, 4) is 0 Å².